The van der Waals surface area contributed by atoms with Crippen LogP contribution in [0.25, 0.3) is 11.0 Å². The monoisotopic (exact) mass is 358 g/mol. The van der Waals surface area contributed by atoms with Crippen molar-refractivity contribution in [2.24, 2.45) is 0 Å². The lowest BCUT2D eigenvalue weighted by Gasteiger charge is -2.03. The first-order valence-corrected chi connectivity index (χ1v) is 7.19. The fourth-order valence-electron chi connectivity index (χ4n) is 1.29. The van der Waals surface area contributed by atoms with Crippen molar-refractivity contribution in [3.63, 3.8) is 0 Å². The molecule has 0 fully saturated rings. The normalized spacial score (nSPS) is 11.7. The molecule has 6 nitrogen and oxygen atoms in total. The zero-order valence-electron chi connectivity index (χ0n) is 10.8. The van der Waals surface area contributed by atoms with E-state index in [2.05, 4.69) is 12.6 Å². The van der Waals surface area contributed by atoms with Crippen LogP contribution in [0.1, 0.15) is 0 Å². The van der Waals surface area contributed by atoms with Crippen molar-refractivity contribution in [2.45, 2.75) is 10.4 Å². The maximum Gasteiger partial charge on any atom is 0.522 e. The first-order chi connectivity index (χ1) is 9.95. The Morgan fingerprint density at radius 2 is 1.82 bits per heavy atom. The predicted molar refractivity (Wildman–Crippen MR) is 73.9 cm³/mol. The van der Waals surface area contributed by atoms with E-state index in [4.69, 9.17) is 22.1 Å². The van der Waals surface area contributed by atoms with E-state index >= 15 is 0 Å². The molecule has 0 aliphatic heterocycles. The van der Waals surface area contributed by atoms with Crippen LogP contribution in [0, 0.1) is 0 Å². The Morgan fingerprint density at radius 3 is 2.27 bits per heavy atom. The third-order valence-corrected chi connectivity index (χ3v) is 3.07. The number of rotatable bonds is 1. The fourth-order valence-corrected chi connectivity index (χ4v) is 1.48. The average molecular weight is 358 g/mol. The third-order valence-electron chi connectivity index (χ3n) is 2.20. The van der Waals surface area contributed by atoms with E-state index in [1.807, 2.05) is 6.07 Å². The predicted octanol–water partition coefficient (Wildman–Crippen LogP) is 2.48. The number of thiol groups is 1. The molecule has 22 heavy (non-hydrogen) atoms. The standard InChI is InChI=1S/C10H8O3S.CHF3O3S/c1-12-8-5-10(11)13-9-4-6(14)2-3-7(8)9;2-1(3,4)8(5,6)7/h2-5,14H,1H3;(H,5,6,7). The highest BCUT2D eigenvalue weighted by molar-refractivity contribution is 7.86. The second-order valence-corrected chi connectivity index (χ2v) is 5.66. The van der Waals surface area contributed by atoms with Crippen molar-refractivity contribution in [3.8, 4) is 5.75 Å². The van der Waals surface area contributed by atoms with Crippen molar-refractivity contribution in [1.29, 1.82) is 0 Å². The van der Waals surface area contributed by atoms with Crippen molar-refractivity contribution in [3.05, 3.63) is 34.7 Å². The summed E-state index contributed by atoms with van der Waals surface area (Å²) in [7, 11) is -4.32. The van der Waals surface area contributed by atoms with E-state index in [0.717, 1.165) is 10.3 Å². The minimum Gasteiger partial charge on any atom is -0.496 e. The molecule has 2 aromatic rings. The molecule has 122 valence electrons. The minimum atomic E-state index is -5.84. The molecule has 0 aliphatic carbocycles. The van der Waals surface area contributed by atoms with Gasteiger partial charge >= 0.3 is 21.3 Å². The molecule has 0 atom stereocenters. The van der Waals surface area contributed by atoms with Crippen LogP contribution in [0.3, 0.4) is 0 Å². The molecule has 2 rings (SSSR count). The summed E-state index contributed by atoms with van der Waals surface area (Å²) in [5, 5.41) is 0.768. The van der Waals surface area contributed by atoms with E-state index in [0.29, 0.717) is 11.3 Å². The second-order valence-electron chi connectivity index (χ2n) is 3.74. The molecule has 0 spiro atoms. The van der Waals surface area contributed by atoms with Crippen molar-refractivity contribution in [2.75, 3.05) is 7.11 Å². The summed E-state index contributed by atoms with van der Waals surface area (Å²) in [5.41, 5.74) is -5.47. The summed E-state index contributed by atoms with van der Waals surface area (Å²) in [6, 6.07) is 6.62. The van der Waals surface area contributed by atoms with E-state index in [-0.39, 0.29) is 0 Å². The van der Waals surface area contributed by atoms with E-state index in [1.165, 1.54) is 13.2 Å². The van der Waals surface area contributed by atoms with Gasteiger partial charge in [-0.3, -0.25) is 4.55 Å². The number of fused-ring (bicyclic) bond motifs is 1. The van der Waals surface area contributed by atoms with Gasteiger partial charge < -0.3 is 9.15 Å². The van der Waals surface area contributed by atoms with Crippen molar-refractivity contribution < 1.29 is 35.3 Å². The Kier molecular flexibility index (Phi) is 5.49. The number of ether oxygens (including phenoxy) is 1. The summed E-state index contributed by atoms with van der Waals surface area (Å²) in [6.07, 6.45) is 0. The Bertz CT molecular complexity index is 826. The van der Waals surface area contributed by atoms with Gasteiger partial charge in [-0.2, -0.15) is 21.6 Å². The lowest BCUT2D eigenvalue weighted by molar-refractivity contribution is -0.0510. The first-order valence-electron chi connectivity index (χ1n) is 5.30. The van der Waals surface area contributed by atoms with Gasteiger partial charge in [0, 0.05) is 4.90 Å². The van der Waals surface area contributed by atoms with E-state index < -0.39 is 21.3 Å². The smallest absolute Gasteiger partial charge is 0.496 e. The lowest BCUT2D eigenvalue weighted by Crippen LogP contribution is -2.21. The molecule has 0 saturated heterocycles. The third kappa shape index (κ3) is 4.64. The molecule has 0 saturated carbocycles. The van der Waals surface area contributed by atoms with Gasteiger partial charge in [-0.15, -0.1) is 12.6 Å². The highest BCUT2D eigenvalue weighted by Crippen LogP contribution is 2.25. The van der Waals surface area contributed by atoms with Gasteiger partial charge in [-0.25, -0.2) is 4.79 Å². The molecule has 1 aromatic heterocycles. The van der Waals surface area contributed by atoms with Crippen LogP contribution in [0.5, 0.6) is 5.75 Å². The molecule has 0 amide bonds. The van der Waals surface area contributed by atoms with Gasteiger partial charge in [0.15, 0.2) is 0 Å². The molecule has 0 radical (unpaired) electrons. The number of hydrogen-bond donors (Lipinski definition) is 2. The number of methoxy groups -OCH3 is 1. The first kappa shape index (κ1) is 18.3. The highest BCUT2D eigenvalue weighted by atomic mass is 32.2. The number of halogens is 3. The summed E-state index contributed by atoms with van der Waals surface area (Å²) in [4.78, 5) is 11.8. The van der Waals surface area contributed by atoms with Crippen LogP contribution in [-0.2, 0) is 10.1 Å². The lowest BCUT2D eigenvalue weighted by atomic mass is 10.2. The summed E-state index contributed by atoms with van der Waals surface area (Å²) < 4.78 is 67.6. The van der Waals surface area contributed by atoms with Crippen molar-refractivity contribution >= 4 is 33.7 Å². The molecule has 11 heteroatoms. The Balaban J connectivity index is 0.000000261. The maximum atomic E-state index is 11.1. The van der Waals surface area contributed by atoms with Crippen LogP contribution in [-0.4, -0.2) is 25.6 Å². The van der Waals surface area contributed by atoms with Crippen LogP contribution in [0.15, 0.2) is 38.4 Å². The molecule has 1 N–H and O–H groups in total. The summed E-state index contributed by atoms with van der Waals surface area (Å²) in [5.74, 6) is 0.518. The summed E-state index contributed by atoms with van der Waals surface area (Å²) >= 11 is 4.16. The van der Waals surface area contributed by atoms with Crippen molar-refractivity contribution in [1.82, 2.24) is 0 Å². The molecule has 0 unspecified atom stereocenters. The zero-order chi connectivity index (χ0) is 17.1. The fraction of sp³-hybridized carbons (Fsp3) is 0.182. The number of benzene rings is 1. The van der Waals surface area contributed by atoms with Crippen LogP contribution < -0.4 is 10.4 Å². The highest BCUT2D eigenvalue weighted by Gasteiger charge is 2.44. The largest absolute Gasteiger partial charge is 0.522 e. The minimum absolute atomic E-state index is 0.423. The molecule has 0 aliphatic rings. The Morgan fingerprint density at radius 1 is 1.27 bits per heavy atom. The van der Waals surface area contributed by atoms with Crippen LogP contribution in [0.4, 0.5) is 13.2 Å². The SMILES string of the molecule is COc1cc(=O)oc2cc(S)ccc12.O=S(=O)(O)C(F)(F)F. The number of hydrogen-bond acceptors (Lipinski definition) is 6. The van der Waals surface area contributed by atoms with Crippen LogP contribution in [0.2, 0.25) is 0 Å². The quantitative estimate of drug-likeness (QED) is 0.352. The van der Waals surface area contributed by atoms with Crippen LogP contribution >= 0.6 is 12.6 Å². The zero-order valence-corrected chi connectivity index (χ0v) is 12.5. The van der Waals surface area contributed by atoms with Gasteiger partial charge in [0.05, 0.1) is 18.6 Å². The van der Waals surface area contributed by atoms with Gasteiger partial charge in [0.25, 0.3) is 0 Å². The second kappa shape index (κ2) is 6.58. The molecule has 0 bridgehead atoms. The molecule has 1 aromatic carbocycles. The van der Waals surface area contributed by atoms with E-state index in [9.17, 15) is 18.0 Å². The number of alkyl halides is 3. The average Bonchev–Trinajstić information content (AvgIpc) is 2.35. The van der Waals surface area contributed by atoms with Gasteiger partial charge in [0.1, 0.15) is 11.3 Å². The van der Waals surface area contributed by atoms with E-state index in [1.54, 1.807) is 12.1 Å². The Labute approximate surface area is 127 Å². The summed E-state index contributed by atoms with van der Waals surface area (Å²) in [6.45, 7) is 0. The maximum absolute atomic E-state index is 11.1. The Hall–Kier alpha value is -1.72. The molecular weight excluding hydrogens is 349 g/mol. The molecular formula is C11H9F3O6S2. The van der Waals surface area contributed by atoms with Gasteiger partial charge in [-0.05, 0) is 18.2 Å². The van der Waals surface area contributed by atoms with Gasteiger partial charge in [-0.1, -0.05) is 0 Å². The van der Waals surface area contributed by atoms with Gasteiger partial charge in [0.2, 0.25) is 0 Å². The topological polar surface area (TPSA) is 93.8 Å². The molecule has 1 heterocycles.